The van der Waals surface area contributed by atoms with Gasteiger partial charge in [0, 0.05) is 39.4 Å². The van der Waals surface area contributed by atoms with Crippen LogP contribution in [-0.4, -0.2) is 64.5 Å². The minimum atomic E-state index is -0.00579. The van der Waals surface area contributed by atoms with Crippen LogP contribution < -0.4 is 27.4 Å². The maximum absolute atomic E-state index is 6.96. The Bertz CT molecular complexity index is 250. The second-order valence-corrected chi connectivity index (χ2v) is 4.36. The molecule has 0 aromatic heterocycles. The lowest BCUT2D eigenvalue weighted by atomic mass is 10.4. The minimum absolute atomic E-state index is 0.00579. The van der Waals surface area contributed by atoms with Crippen LogP contribution in [0.15, 0.2) is 0 Å². The SMILES string of the molecule is N=C(N)NCCCOCCNCCOCCCNC(=N)N. The van der Waals surface area contributed by atoms with E-state index in [0.29, 0.717) is 39.5 Å². The molecule has 21 heavy (non-hydrogen) atoms. The van der Waals surface area contributed by atoms with E-state index in [2.05, 4.69) is 16.0 Å². The predicted molar refractivity (Wildman–Crippen MR) is 83.6 cm³/mol. The van der Waals surface area contributed by atoms with Gasteiger partial charge >= 0.3 is 0 Å². The van der Waals surface area contributed by atoms with E-state index in [0.717, 1.165) is 25.9 Å². The zero-order valence-electron chi connectivity index (χ0n) is 12.5. The Morgan fingerprint density at radius 3 is 1.52 bits per heavy atom. The van der Waals surface area contributed by atoms with Crippen LogP contribution in [0.5, 0.6) is 0 Å². The first-order valence-electron chi connectivity index (χ1n) is 7.15. The molecule has 0 aromatic carbocycles. The predicted octanol–water partition coefficient (Wildman–Crippen LogP) is -1.64. The van der Waals surface area contributed by atoms with Crippen LogP contribution in [0.25, 0.3) is 0 Å². The second kappa shape index (κ2) is 14.8. The molecule has 9 nitrogen and oxygen atoms in total. The Hall–Kier alpha value is -1.58. The van der Waals surface area contributed by atoms with Crippen molar-refractivity contribution >= 4 is 11.9 Å². The second-order valence-electron chi connectivity index (χ2n) is 4.36. The topological polar surface area (TPSA) is 154 Å². The van der Waals surface area contributed by atoms with Gasteiger partial charge in [-0.05, 0) is 12.8 Å². The van der Waals surface area contributed by atoms with Gasteiger partial charge in [0.1, 0.15) is 0 Å². The summed E-state index contributed by atoms with van der Waals surface area (Å²) in [6, 6.07) is 0. The molecule has 0 spiro atoms. The molecule has 0 heterocycles. The van der Waals surface area contributed by atoms with Crippen molar-refractivity contribution in [2.45, 2.75) is 12.8 Å². The highest BCUT2D eigenvalue weighted by Crippen LogP contribution is 1.82. The van der Waals surface area contributed by atoms with E-state index in [4.69, 9.17) is 31.8 Å². The van der Waals surface area contributed by atoms with Gasteiger partial charge in [-0.3, -0.25) is 10.8 Å². The molecule has 0 aromatic rings. The first kappa shape index (κ1) is 19.4. The average molecular weight is 303 g/mol. The molecule has 0 bridgehead atoms. The van der Waals surface area contributed by atoms with Crippen LogP contribution in [0.4, 0.5) is 0 Å². The lowest BCUT2D eigenvalue weighted by molar-refractivity contribution is 0.120. The van der Waals surface area contributed by atoms with Gasteiger partial charge in [0.15, 0.2) is 11.9 Å². The zero-order valence-corrected chi connectivity index (χ0v) is 12.5. The third-order valence-corrected chi connectivity index (χ3v) is 2.41. The molecule has 9 N–H and O–H groups in total. The first-order valence-corrected chi connectivity index (χ1v) is 7.15. The fourth-order valence-electron chi connectivity index (χ4n) is 1.41. The quantitative estimate of drug-likeness (QED) is 0.115. The number of hydrogen-bond acceptors (Lipinski definition) is 5. The summed E-state index contributed by atoms with van der Waals surface area (Å²) >= 11 is 0. The summed E-state index contributed by atoms with van der Waals surface area (Å²) in [5, 5.41) is 22.6. The van der Waals surface area contributed by atoms with E-state index in [9.17, 15) is 0 Å². The zero-order chi connectivity index (χ0) is 15.8. The highest BCUT2D eigenvalue weighted by molar-refractivity contribution is 5.74. The fourth-order valence-corrected chi connectivity index (χ4v) is 1.41. The van der Waals surface area contributed by atoms with Crippen molar-refractivity contribution < 1.29 is 9.47 Å². The molecule has 0 saturated carbocycles. The number of hydrogen-bond donors (Lipinski definition) is 7. The molecule has 0 amide bonds. The molecule has 0 rings (SSSR count). The summed E-state index contributed by atoms with van der Waals surface area (Å²) in [5.41, 5.74) is 10.3. The number of nitrogens with two attached hydrogens (primary N) is 2. The standard InChI is InChI=1S/C12H29N7O2/c13-11(14)18-3-1-7-20-9-5-17-6-10-21-8-2-4-19-12(15)16/h17H,1-10H2,(H4,13,14,18)(H4,15,16,19). The summed E-state index contributed by atoms with van der Waals surface area (Å²) in [6.07, 6.45) is 1.66. The van der Waals surface area contributed by atoms with Crippen LogP contribution >= 0.6 is 0 Å². The number of rotatable bonds is 14. The van der Waals surface area contributed by atoms with Crippen LogP contribution in [0.2, 0.25) is 0 Å². The normalized spacial score (nSPS) is 10.3. The fraction of sp³-hybridized carbons (Fsp3) is 0.833. The minimum Gasteiger partial charge on any atom is -0.380 e. The summed E-state index contributed by atoms with van der Waals surface area (Å²) < 4.78 is 10.8. The van der Waals surface area contributed by atoms with Gasteiger partial charge < -0.3 is 36.9 Å². The average Bonchev–Trinajstić information content (AvgIpc) is 2.42. The molecular formula is C12H29N7O2. The van der Waals surface area contributed by atoms with Gasteiger partial charge in [-0.2, -0.15) is 0 Å². The third-order valence-electron chi connectivity index (χ3n) is 2.41. The smallest absolute Gasteiger partial charge is 0.185 e. The Morgan fingerprint density at radius 1 is 0.714 bits per heavy atom. The van der Waals surface area contributed by atoms with Crippen molar-refractivity contribution in [1.82, 2.24) is 16.0 Å². The lowest BCUT2D eigenvalue weighted by Gasteiger charge is -2.08. The van der Waals surface area contributed by atoms with Crippen molar-refractivity contribution in [1.29, 1.82) is 10.8 Å². The van der Waals surface area contributed by atoms with Crippen LogP contribution in [0.3, 0.4) is 0 Å². The van der Waals surface area contributed by atoms with Crippen molar-refractivity contribution in [3.05, 3.63) is 0 Å². The van der Waals surface area contributed by atoms with Crippen molar-refractivity contribution in [3.8, 4) is 0 Å². The van der Waals surface area contributed by atoms with E-state index in [1.807, 2.05) is 0 Å². The van der Waals surface area contributed by atoms with Gasteiger partial charge in [-0.1, -0.05) is 0 Å². The van der Waals surface area contributed by atoms with Crippen molar-refractivity contribution in [2.75, 3.05) is 52.6 Å². The maximum atomic E-state index is 6.96. The largest absolute Gasteiger partial charge is 0.380 e. The summed E-state index contributed by atoms with van der Waals surface area (Å²) in [5.74, 6) is -0.0116. The van der Waals surface area contributed by atoms with Crippen molar-refractivity contribution in [3.63, 3.8) is 0 Å². The van der Waals surface area contributed by atoms with Crippen LogP contribution in [0.1, 0.15) is 12.8 Å². The Labute approximate surface area is 126 Å². The molecule has 124 valence electrons. The molecule has 0 radical (unpaired) electrons. The molecule has 0 atom stereocenters. The monoisotopic (exact) mass is 303 g/mol. The third kappa shape index (κ3) is 18.4. The van der Waals surface area contributed by atoms with Crippen molar-refractivity contribution in [2.24, 2.45) is 11.5 Å². The number of ether oxygens (including phenoxy) is 2. The summed E-state index contributed by atoms with van der Waals surface area (Å²) in [6.45, 7) is 5.52. The van der Waals surface area contributed by atoms with Crippen LogP contribution in [-0.2, 0) is 9.47 Å². The Balaban J connectivity index is 2.99. The summed E-state index contributed by atoms with van der Waals surface area (Å²) in [7, 11) is 0. The molecule has 0 aliphatic carbocycles. The molecule has 0 aliphatic rings. The molecule has 0 fully saturated rings. The Morgan fingerprint density at radius 2 is 1.14 bits per heavy atom. The molecule has 0 aliphatic heterocycles. The summed E-state index contributed by atoms with van der Waals surface area (Å²) in [4.78, 5) is 0. The highest BCUT2D eigenvalue weighted by atomic mass is 16.5. The van der Waals surface area contributed by atoms with E-state index < -0.39 is 0 Å². The van der Waals surface area contributed by atoms with Gasteiger partial charge in [0.2, 0.25) is 0 Å². The molecular weight excluding hydrogens is 274 g/mol. The van der Waals surface area contributed by atoms with Gasteiger partial charge in [-0.25, -0.2) is 0 Å². The molecule has 0 saturated heterocycles. The van der Waals surface area contributed by atoms with E-state index in [1.54, 1.807) is 0 Å². The van der Waals surface area contributed by atoms with Gasteiger partial charge in [-0.15, -0.1) is 0 Å². The first-order chi connectivity index (χ1) is 10.1. The maximum Gasteiger partial charge on any atom is 0.185 e. The van der Waals surface area contributed by atoms with Gasteiger partial charge in [0.25, 0.3) is 0 Å². The van der Waals surface area contributed by atoms with Gasteiger partial charge in [0.05, 0.1) is 13.2 Å². The number of nitrogens with one attached hydrogen (secondary N) is 5. The highest BCUT2D eigenvalue weighted by Gasteiger charge is 1.93. The van der Waals surface area contributed by atoms with E-state index in [-0.39, 0.29) is 11.9 Å². The molecule has 0 unspecified atom stereocenters. The molecule has 9 heteroatoms. The number of guanidine groups is 2. The lowest BCUT2D eigenvalue weighted by Crippen LogP contribution is -2.31. The Kier molecular flexibility index (Phi) is 13.7. The van der Waals surface area contributed by atoms with Crippen LogP contribution in [0, 0.1) is 10.8 Å². The van der Waals surface area contributed by atoms with E-state index >= 15 is 0 Å². The van der Waals surface area contributed by atoms with E-state index in [1.165, 1.54) is 0 Å².